The van der Waals surface area contributed by atoms with Crippen molar-refractivity contribution in [1.82, 2.24) is 19.3 Å². The molecule has 0 aromatic carbocycles. The van der Waals surface area contributed by atoms with Crippen molar-refractivity contribution in [3.8, 4) is 0 Å². The minimum Gasteiger partial charge on any atom is -0.333 e. The molecule has 0 radical (unpaired) electrons. The van der Waals surface area contributed by atoms with Crippen LogP contribution >= 0.6 is 11.3 Å². The number of nitrogens with one attached hydrogen (secondary N) is 2. The first-order chi connectivity index (χ1) is 9.97. The maximum absolute atomic E-state index is 12.5. The number of H-pyrrole nitrogens is 1. The molecule has 2 N–H and O–H groups in total. The summed E-state index contributed by atoms with van der Waals surface area (Å²) in [5, 5.41) is 0. The van der Waals surface area contributed by atoms with Gasteiger partial charge >= 0.3 is 4.87 Å². The average molecular weight is 328 g/mol. The number of hydrogen-bond donors (Lipinski definition) is 2. The van der Waals surface area contributed by atoms with Crippen LogP contribution in [0.5, 0.6) is 0 Å². The first-order valence-electron chi connectivity index (χ1n) is 6.67. The standard InChI is InChI=1S/C12H16N4O3S2/c1-8-11(20-12(17)14-8)21(18,19)15-9-3-2-4-10(9)16-6-5-13-7-16/h5-7,9-10,15H,2-4H2,1H3,(H,14,17). The zero-order chi connectivity index (χ0) is 15.0. The van der Waals surface area contributed by atoms with E-state index in [1.165, 1.54) is 0 Å². The SMILES string of the molecule is Cc1[nH]c(=O)sc1S(=O)(=O)NC1CCCC1n1ccnc1. The van der Waals surface area contributed by atoms with Crippen molar-refractivity contribution in [2.75, 3.05) is 0 Å². The predicted octanol–water partition coefficient (Wildman–Crippen LogP) is 1.01. The highest BCUT2D eigenvalue weighted by Gasteiger charge is 2.33. The lowest BCUT2D eigenvalue weighted by molar-refractivity contribution is 0.431. The van der Waals surface area contributed by atoms with Gasteiger partial charge < -0.3 is 9.55 Å². The lowest BCUT2D eigenvalue weighted by Gasteiger charge is -2.21. The van der Waals surface area contributed by atoms with Crippen LogP contribution in [-0.2, 0) is 10.0 Å². The Labute approximate surface area is 126 Å². The van der Waals surface area contributed by atoms with Gasteiger partial charge in [0.05, 0.1) is 12.4 Å². The van der Waals surface area contributed by atoms with Crippen LogP contribution in [0.1, 0.15) is 31.0 Å². The smallest absolute Gasteiger partial charge is 0.305 e. The van der Waals surface area contributed by atoms with E-state index in [1.807, 2.05) is 10.8 Å². The molecule has 2 aromatic rings. The molecule has 0 spiro atoms. The van der Waals surface area contributed by atoms with Crippen molar-refractivity contribution in [3.63, 3.8) is 0 Å². The van der Waals surface area contributed by atoms with E-state index in [9.17, 15) is 13.2 Å². The van der Waals surface area contributed by atoms with Gasteiger partial charge in [-0.3, -0.25) is 4.79 Å². The Hall–Kier alpha value is -1.45. The van der Waals surface area contributed by atoms with Crippen LogP contribution in [0.15, 0.2) is 27.7 Å². The summed E-state index contributed by atoms with van der Waals surface area (Å²) in [5.41, 5.74) is 0.384. The molecule has 2 aromatic heterocycles. The molecule has 7 nitrogen and oxygen atoms in total. The van der Waals surface area contributed by atoms with Crippen molar-refractivity contribution < 1.29 is 8.42 Å². The fourth-order valence-corrected chi connectivity index (χ4v) is 5.42. The highest BCUT2D eigenvalue weighted by molar-refractivity contribution is 7.91. The topological polar surface area (TPSA) is 96.9 Å². The van der Waals surface area contributed by atoms with E-state index in [1.54, 1.807) is 19.4 Å². The number of aromatic amines is 1. The molecule has 1 fully saturated rings. The van der Waals surface area contributed by atoms with Crippen LogP contribution in [0.3, 0.4) is 0 Å². The fraction of sp³-hybridized carbons (Fsp3) is 0.500. The second kappa shape index (κ2) is 5.39. The third-order valence-electron chi connectivity index (χ3n) is 3.72. The molecule has 0 bridgehead atoms. The molecule has 3 rings (SSSR count). The van der Waals surface area contributed by atoms with Crippen molar-refractivity contribution in [1.29, 1.82) is 0 Å². The van der Waals surface area contributed by atoms with Crippen LogP contribution in [0.2, 0.25) is 0 Å². The van der Waals surface area contributed by atoms with Gasteiger partial charge in [0.2, 0.25) is 0 Å². The highest BCUT2D eigenvalue weighted by Crippen LogP contribution is 2.31. The van der Waals surface area contributed by atoms with Gasteiger partial charge in [-0.25, -0.2) is 18.1 Å². The minimum atomic E-state index is -3.67. The van der Waals surface area contributed by atoms with Gasteiger partial charge in [0, 0.05) is 24.1 Å². The van der Waals surface area contributed by atoms with Gasteiger partial charge in [0.15, 0.2) is 4.21 Å². The van der Waals surface area contributed by atoms with Crippen molar-refractivity contribution in [2.45, 2.75) is 42.5 Å². The number of imidazole rings is 1. The number of nitrogens with zero attached hydrogens (tertiary/aromatic N) is 2. The van der Waals surface area contributed by atoms with Gasteiger partial charge in [0.25, 0.3) is 10.0 Å². The van der Waals surface area contributed by atoms with E-state index in [2.05, 4.69) is 14.7 Å². The summed E-state index contributed by atoms with van der Waals surface area (Å²) in [6, 6.07) is -0.112. The maximum atomic E-state index is 12.5. The molecule has 0 saturated heterocycles. The Balaban J connectivity index is 1.85. The first kappa shape index (κ1) is 14.5. The third kappa shape index (κ3) is 2.81. The molecule has 2 atom stereocenters. The van der Waals surface area contributed by atoms with Crippen molar-refractivity contribution >= 4 is 21.4 Å². The van der Waals surface area contributed by atoms with E-state index in [0.717, 1.165) is 30.6 Å². The van der Waals surface area contributed by atoms with E-state index in [4.69, 9.17) is 0 Å². The number of rotatable bonds is 4. The summed E-state index contributed by atoms with van der Waals surface area (Å²) in [7, 11) is -3.67. The van der Waals surface area contributed by atoms with Crippen molar-refractivity contribution in [2.24, 2.45) is 0 Å². The molecule has 2 unspecified atom stereocenters. The van der Waals surface area contributed by atoms with E-state index in [0.29, 0.717) is 5.69 Å². The molecule has 1 saturated carbocycles. The van der Waals surface area contributed by atoms with Gasteiger partial charge in [-0.2, -0.15) is 0 Å². The second-order valence-corrected chi connectivity index (χ2v) is 8.06. The van der Waals surface area contributed by atoms with Crippen LogP contribution in [-0.4, -0.2) is 29.0 Å². The predicted molar refractivity (Wildman–Crippen MR) is 78.9 cm³/mol. The Morgan fingerprint density at radius 1 is 1.48 bits per heavy atom. The lowest BCUT2D eigenvalue weighted by Crippen LogP contribution is -2.38. The number of sulfonamides is 1. The quantitative estimate of drug-likeness (QED) is 0.875. The molecule has 9 heteroatoms. The molecular weight excluding hydrogens is 312 g/mol. The van der Waals surface area contributed by atoms with Gasteiger partial charge in [0.1, 0.15) is 0 Å². The minimum absolute atomic E-state index is 0.0678. The summed E-state index contributed by atoms with van der Waals surface area (Å²) in [6.45, 7) is 1.59. The molecule has 0 aliphatic heterocycles. The zero-order valence-electron chi connectivity index (χ0n) is 11.4. The first-order valence-corrected chi connectivity index (χ1v) is 8.97. The number of aromatic nitrogens is 3. The summed E-state index contributed by atoms with van der Waals surface area (Å²) < 4.78 is 29.7. The van der Waals surface area contributed by atoms with Crippen molar-refractivity contribution in [3.05, 3.63) is 34.1 Å². The highest BCUT2D eigenvalue weighted by atomic mass is 32.2. The maximum Gasteiger partial charge on any atom is 0.305 e. The summed E-state index contributed by atoms with van der Waals surface area (Å²) in [4.78, 5) is 17.5. The molecule has 1 aliphatic rings. The Morgan fingerprint density at radius 3 is 2.90 bits per heavy atom. The molecule has 114 valence electrons. The molecule has 1 aliphatic carbocycles. The van der Waals surface area contributed by atoms with Crippen LogP contribution in [0, 0.1) is 6.92 Å². The lowest BCUT2D eigenvalue weighted by atomic mass is 10.2. The van der Waals surface area contributed by atoms with Crippen LogP contribution in [0.25, 0.3) is 0 Å². The van der Waals surface area contributed by atoms with E-state index < -0.39 is 10.0 Å². The third-order valence-corrected chi connectivity index (χ3v) is 6.81. The zero-order valence-corrected chi connectivity index (χ0v) is 13.1. The van der Waals surface area contributed by atoms with E-state index >= 15 is 0 Å². The summed E-state index contributed by atoms with van der Waals surface area (Å²) >= 11 is 0.723. The van der Waals surface area contributed by atoms with Gasteiger partial charge in [-0.15, -0.1) is 0 Å². The number of hydrogen-bond acceptors (Lipinski definition) is 5. The number of aryl methyl sites for hydroxylation is 1. The molecule has 0 amide bonds. The van der Waals surface area contributed by atoms with Crippen LogP contribution < -0.4 is 9.60 Å². The normalized spacial score (nSPS) is 22.7. The fourth-order valence-electron chi connectivity index (χ4n) is 2.80. The van der Waals surface area contributed by atoms with Gasteiger partial charge in [-0.05, 0) is 26.2 Å². The summed E-state index contributed by atoms with van der Waals surface area (Å²) in [6.07, 6.45) is 7.88. The Kier molecular flexibility index (Phi) is 3.72. The Bertz CT molecular complexity index is 776. The summed E-state index contributed by atoms with van der Waals surface area (Å²) in [5.74, 6) is 0. The second-order valence-electron chi connectivity index (χ2n) is 5.16. The number of thiazole rings is 1. The largest absolute Gasteiger partial charge is 0.333 e. The van der Waals surface area contributed by atoms with Crippen LogP contribution in [0.4, 0.5) is 0 Å². The van der Waals surface area contributed by atoms with E-state index in [-0.39, 0.29) is 21.2 Å². The molecule has 2 heterocycles. The van der Waals surface area contributed by atoms with Gasteiger partial charge in [-0.1, -0.05) is 11.3 Å². The molecular formula is C12H16N4O3S2. The molecule has 21 heavy (non-hydrogen) atoms. The monoisotopic (exact) mass is 328 g/mol. The average Bonchev–Trinajstić information content (AvgIpc) is 3.09. The Morgan fingerprint density at radius 2 is 2.29 bits per heavy atom.